The number of anilines is 1. The summed E-state index contributed by atoms with van der Waals surface area (Å²) in [6.07, 6.45) is 4.58. The van der Waals surface area contributed by atoms with Gasteiger partial charge in [0.15, 0.2) is 0 Å². The average Bonchev–Trinajstić information content (AvgIpc) is 3.06. The molecule has 1 heterocycles. The molecule has 1 aromatic carbocycles. The van der Waals surface area contributed by atoms with E-state index in [1.807, 2.05) is 12.1 Å². The third-order valence-corrected chi connectivity index (χ3v) is 5.29. The van der Waals surface area contributed by atoms with Crippen molar-refractivity contribution in [3.8, 4) is 0 Å². The Labute approximate surface area is 127 Å². The number of carbonyl (C=O) groups is 1. The molecule has 0 spiro atoms. The second-order valence-corrected chi connectivity index (χ2v) is 6.60. The molecule has 2 aliphatic rings. The molecule has 5 heteroatoms. The highest BCUT2D eigenvalue weighted by Gasteiger charge is 2.47. The van der Waals surface area contributed by atoms with E-state index in [0.29, 0.717) is 17.2 Å². The van der Waals surface area contributed by atoms with E-state index >= 15 is 0 Å². The summed E-state index contributed by atoms with van der Waals surface area (Å²) in [7, 11) is 0. The molecule has 22 heavy (non-hydrogen) atoms. The standard InChI is InChI=1S/C17H19N3O2/c18-15-8-10-5-11(15)7-14(10)17(22)20-12-1-2-13-9(6-12)3-4-19-16(13)21/h1-4,6,10-11,14-15H,5,7-8,18H2,(H,19,21)(H,20,22)/t10-,11-,14-,15-/m1/s1. The number of hydrogen-bond acceptors (Lipinski definition) is 3. The van der Waals surface area contributed by atoms with Crippen LogP contribution in [0.3, 0.4) is 0 Å². The molecule has 4 rings (SSSR count). The lowest BCUT2D eigenvalue weighted by atomic mass is 9.85. The Morgan fingerprint density at radius 3 is 2.77 bits per heavy atom. The monoisotopic (exact) mass is 297 g/mol. The molecule has 2 saturated carbocycles. The number of benzene rings is 1. The van der Waals surface area contributed by atoms with Gasteiger partial charge in [0, 0.05) is 29.2 Å². The maximum Gasteiger partial charge on any atom is 0.255 e. The molecule has 0 radical (unpaired) electrons. The van der Waals surface area contributed by atoms with Gasteiger partial charge < -0.3 is 16.0 Å². The van der Waals surface area contributed by atoms with Crippen LogP contribution in [0.2, 0.25) is 0 Å². The predicted molar refractivity (Wildman–Crippen MR) is 85.5 cm³/mol. The zero-order chi connectivity index (χ0) is 15.3. The molecule has 1 amide bonds. The lowest BCUT2D eigenvalue weighted by Crippen LogP contribution is -2.34. The zero-order valence-corrected chi connectivity index (χ0v) is 12.2. The number of carbonyl (C=O) groups excluding carboxylic acids is 1. The molecule has 2 aliphatic carbocycles. The first-order valence-corrected chi connectivity index (χ1v) is 7.80. The van der Waals surface area contributed by atoms with Crippen LogP contribution in [0.4, 0.5) is 5.69 Å². The summed E-state index contributed by atoms with van der Waals surface area (Å²) in [5.41, 5.74) is 6.68. The van der Waals surface area contributed by atoms with E-state index < -0.39 is 0 Å². The van der Waals surface area contributed by atoms with Crippen LogP contribution in [-0.2, 0) is 4.79 Å². The summed E-state index contributed by atoms with van der Waals surface area (Å²) < 4.78 is 0. The largest absolute Gasteiger partial charge is 0.329 e. The second kappa shape index (κ2) is 4.95. The van der Waals surface area contributed by atoms with Gasteiger partial charge in [0.05, 0.1) is 0 Å². The summed E-state index contributed by atoms with van der Waals surface area (Å²) in [6.45, 7) is 0. The van der Waals surface area contributed by atoms with Gasteiger partial charge in [-0.25, -0.2) is 0 Å². The minimum absolute atomic E-state index is 0.0830. The Bertz CT molecular complexity index is 796. The van der Waals surface area contributed by atoms with E-state index in [2.05, 4.69) is 10.3 Å². The highest BCUT2D eigenvalue weighted by atomic mass is 16.2. The summed E-state index contributed by atoms with van der Waals surface area (Å²) in [4.78, 5) is 26.8. The number of hydrogen-bond donors (Lipinski definition) is 3. The number of fused-ring (bicyclic) bond motifs is 3. The van der Waals surface area contributed by atoms with Gasteiger partial charge in [-0.3, -0.25) is 9.59 Å². The molecule has 0 unspecified atom stereocenters. The third kappa shape index (κ3) is 2.13. The van der Waals surface area contributed by atoms with Gasteiger partial charge in [0.1, 0.15) is 0 Å². The Balaban J connectivity index is 1.54. The molecule has 0 aliphatic heterocycles. The fourth-order valence-electron chi connectivity index (χ4n) is 4.15. The Morgan fingerprint density at radius 1 is 1.18 bits per heavy atom. The van der Waals surface area contributed by atoms with E-state index in [0.717, 1.165) is 30.3 Å². The van der Waals surface area contributed by atoms with E-state index in [-0.39, 0.29) is 23.4 Å². The topological polar surface area (TPSA) is 88.0 Å². The number of amides is 1. The number of aromatic amines is 1. The molecular formula is C17H19N3O2. The van der Waals surface area contributed by atoms with Gasteiger partial charge in [-0.1, -0.05) is 0 Å². The van der Waals surface area contributed by atoms with E-state index in [1.165, 1.54) is 0 Å². The number of nitrogens with one attached hydrogen (secondary N) is 2. The van der Waals surface area contributed by atoms with Crippen LogP contribution in [0, 0.1) is 17.8 Å². The van der Waals surface area contributed by atoms with Crippen molar-refractivity contribution in [3.63, 3.8) is 0 Å². The fourth-order valence-corrected chi connectivity index (χ4v) is 4.15. The van der Waals surface area contributed by atoms with Crippen molar-refractivity contribution in [3.05, 3.63) is 40.8 Å². The first kappa shape index (κ1) is 13.5. The molecule has 5 nitrogen and oxygen atoms in total. The van der Waals surface area contributed by atoms with Crippen LogP contribution < -0.4 is 16.6 Å². The Morgan fingerprint density at radius 2 is 2.05 bits per heavy atom. The predicted octanol–water partition coefficient (Wildman–Crippen LogP) is 1.84. The maximum absolute atomic E-state index is 12.5. The third-order valence-electron chi connectivity index (χ3n) is 5.29. The zero-order valence-electron chi connectivity index (χ0n) is 12.2. The van der Waals surface area contributed by atoms with Crippen molar-refractivity contribution >= 4 is 22.4 Å². The second-order valence-electron chi connectivity index (χ2n) is 6.60. The van der Waals surface area contributed by atoms with Gasteiger partial charge in [-0.15, -0.1) is 0 Å². The number of H-pyrrole nitrogens is 1. The van der Waals surface area contributed by atoms with E-state index in [1.54, 1.807) is 18.3 Å². The minimum Gasteiger partial charge on any atom is -0.329 e. The van der Waals surface area contributed by atoms with Crippen LogP contribution in [0.15, 0.2) is 35.3 Å². The molecule has 2 fully saturated rings. The van der Waals surface area contributed by atoms with Crippen molar-refractivity contribution in [2.45, 2.75) is 25.3 Å². The highest BCUT2D eigenvalue weighted by Crippen LogP contribution is 2.48. The van der Waals surface area contributed by atoms with Gasteiger partial charge in [-0.2, -0.15) is 0 Å². The first-order valence-electron chi connectivity index (χ1n) is 7.80. The molecule has 114 valence electrons. The van der Waals surface area contributed by atoms with Crippen molar-refractivity contribution in [2.75, 3.05) is 5.32 Å². The lowest BCUT2D eigenvalue weighted by molar-refractivity contribution is -0.121. The van der Waals surface area contributed by atoms with E-state index in [4.69, 9.17) is 5.73 Å². The van der Waals surface area contributed by atoms with Crippen molar-refractivity contribution < 1.29 is 4.79 Å². The summed E-state index contributed by atoms with van der Waals surface area (Å²) >= 11 is 0. The molecule has 0 saturated heterocycles. The van der Waals surface area contributed by atoms with Crippen molar-refractivity contribution in [2.24, 2.45) is 23.5 Å². The van der Waals surface area contributed by atoms with Crippen LogP contribution in [0.25, 0.3) is 10.8 Å². The molecule has 2 aromatic rings. The molecular weight excluding hydrogens is 278 g/mol. The van der Waals surface area contributed by atoms with Crippen LogP contribution in [-0.4, -0.2) is 16.9 Å². The van der Waals surface area contributed by atoms with Crippen LogP contribution in [0.5, 0.6) is 0 Å². The number of aromatic nitrogens is 1. The Hall–Kier alpha value is -2.14. The van der Waals surface area contributed by atoms with Crippen LogP contribution in [0.1, 0.15) is 19.3 Å². The first-order chi connectivity index (χ1) is 10.6. The Kier molecular flexibility index (Phi) is 3.04. The van der Waals surface area contributed by atoms with Crippen molar-refractivity contribution in [1.29, 1.82) is 0 Å². The lowest BCUT2D eigenvalue weighted by Gasteiger charge is -2.24. The van der Waals surface area contributed by atoms with Gasteiger partial charge in [-0.05, 0) is 60.7 Å². The normalized spacial score (nSPS) is 29.9. The van der Waals surface area contributed by atoms with Gasteiger partial charge >= 0.3 is 0 Å². The summed E-state index contributed by atoms with van der Waals surface area (Å²) in [6, 6.07) is 7.50. The highest BCUT2D eigenvalue weighted by molar-refractivity contribution is 5.95. The van der Waals surface area contributed by atoms with Crippen LogP contribution >= 0.6 is 0 Å². The van der Waals surface area contributed by atoms with Crippen molar-refractivity contribution in [1.82, 2.24) is 4.98 Å². The average molecular weight is 297 g/mol. The van der Waals surface area contributed by atoms with E-state index in [9.17, 15) is 9.59 Å². The number of rotatable bonds is 2. The fraction of sp³-hybridized carbons (Fsp3) is 0.412. The summed E-state index contributed by atoms with van der Waals surface area (Å²) in [5, 5.41) is 4.46. The summed E-state index contributed by atoms with van der Waals surface area (Å²) in [5.74, 6) is 1.11. The maximum atomic E-state index is 12.5. The van der Waals surface area contributed by atoms with Gasteiger partial charge in [0.2, 0.25) is 5.91 Å². The molecule has 4 atom stereocenters. The minimum atomic E-state index is -0.113. The molecule has 4 N–H and O–H groups in total. The molecule has 2 bridgehead atoms. The number of nitrogens with two attached hydrogens (primary N) is 1. The quantitative estimate of drug-likeness (QED) is 0.790. The van der Waals surface area contributed by atoms with Gasteiger partial charge in [0.25, 0.3) is 5.56 Å². The number of pyridine rings is 1. The molecule has 1 aromatic heterocycles. The smallest absolute Gasteiger partial charge is 0.255 e. The SMILES string of the molecule is N[C@@H]1C[C@H]2C[C@@H]1C[C@H]2C(=O)Nc1ccc2c(=O)[nH]ccc2c1.